The highest BCUT2D eigenvalue weighted by Gasteiger charge is 2.43. The van der Waals surface area contributed by atoms with Gasteiger partial charge < -0.3 is 5.32 Å². The van der Waals surface area contributed by atoms with Crippen molar-refractivity contribution in [1.29, 1.82) is 0 Å². The smallest absolute Gasteiger partial charge is 0.324 e. The van der Waals surface area contributed by atoms with Gasteiger partial charge in [0.1, 0.15) is 10.5 Å². The molecule has 5 nitrogen and oxygen atoms in total. The van der Waals surface area contributed by atoms with E-state index in [0.717, 1.165) is 22.0 Å². The molecule has 0 radical (unpaired) electrons. The summed E-state index contributed by atoms with van der Waals surface area (Å²) in [7, 11) is 0. The third-order valence-corrected chi connectivity index (χ3v) is 6.07. The standard InChI is InChI=1S/C15H17N3O2S3/c1-15(2)13(19)18(14(20)17-15)4-6-22-8-11-9-23-12(16-11)10-3-5-21-7-10/h3,5,7,9H,4,6,8H2,1-2H3,(H,17,20). The van der Waals surface area contributed by atoms with Crippen LogP contribution in [-0.4, -0.2) is 39.7 Å². The topological polar surface area (TPSA) is 62.3 Å². The van der Waals surface area contributed by atoms with Crippen molar-refractivity contribution in [2.75, 3.05) is 12.3 Å². The molecule has 0 aliphatic carbocycles. The Balaban J connectivity index is 1.47. The average Bonchev–Trinajstić information content (AvgIpc) is 3.19. The number of thiophene rings is 1. The second kappa shape index (κ2) is 6.62. The van der Waals surface area contributed by atoms with Gasteiger partial charge in [-0.2, -0.15) is 23.1 Å². The van der Waals surface area contributed by atoms with Crippen LogP contribution < -0.4 is 5.32 Å². The van der Waals surface area contributed by atoms with Crippen LogP contribution in [0.4, 0.5) is 4.79 Å². The lowest BCUT2D eigenvalue weighted by molar-refractivity contribution is -0.130. The number of carbonyl (C=O) groups excluding carboxylic acids is 2. The van der Waals surface area contributed by atoms with Crippen LogP contribution in [0.25, 0.3) is 10.6 Å². The molecule has 0 aromatic carbocycles. The second-order valence-corrected chi connectivity index (χ2v) is 8.46. The van der Waals surface area contributed by atoms with Crippen molar-refractivity contribution >= 4 is 46.4 Å². The summed E-state index contributed by atoms with van der Waals surface area (Å²) in [5.74, 6) is 1.34. The fraction of sp³-hybridized carbons (Fsp3) is 0.400. The van der Waals surface area contributed by atoms with Gasteiger partial charge in [0, 0.05) is 34.4 Å². The van der Waals surface area contributed by atoms with E-state index in [0.29, 0.717) is 12.3 Å². The molecule has 3 heterocycles. The number of hydrogen-bond donors (Lipinski definition) is 1. The Kier molecular flexibility index (Phi) is 4.74. The molecule has 8 heteroatoms. The Hall–Kier alpha value is -1.38. The molecule has 3 amide bonds. The highest BCUT2D eigenvalue weighted by Crippen LogP contribution is 2.27. The zero-order chi connectivity index (χ0) is 16.4. The van der Waals surface area contributed by atoms with Crippen molar-refractivity contribution in [2.45, 2.75) is 25.1 Å². The van der Waals surface area contributed by atoms with E-state index in [9.17, 15) is 9.59 Å². The van der Waals surface area contributed by atoms with Crippen LogP contribution in [0.15, 0.2) is 22.2 Å². The van der Waals surface area contributed by atoms with E-state index in [2.05, 4.69) is 27.1 Å². The van der Waals surface area contributed by atoms with Gasteiger partial charge in [0.25, 0.3) is 5.91 Å². The number of carbonyl (C=O) groups is 2. The highest BCUT2D eigenvalue weighted by molar-refractivity contribution is 7.98. The number of thiazole rings is 1. The summed E-state index contributed by atoms with van der Waals surface area (Å²) < 4.78 is 0. The Labute approximate surface area is 147 Å². The molecule has 1 saturated heterocycles. The first-order valence-electron chi connectivity index (χ1n) is 7.16. The Morgan fingerprint density at radius 3 is 2.83 bits per heavy atom. The molecule has 0 bridgehead atoms. The van der Waals surface area contributed by atoms with E-state index < -0.39 is 5.54 Å². The number of nitrogens with one attached hydrogen (secondary N) is 1. The lowest BCUT2D eigenvalue weighted by atomic mass is 10.1. The lowest BCUT2D eigenvalue weighted by Crippen LogP contribution is -2.40. The van der Waals surface area contributed by atoms with Crippen molar-refractivity contribution in [2.24, 2.45) is 0 Å². The Morgan fingerprint density at radius 2 is 2.17 bits per heavy atom. The predicted octanol–water partition coefficient (Wildman–Crippen LogP) is 3.44. The first-order chi connectivity index (χ1) is 11.0. The zero-order valence-corrected chi connectivity index (χ0v) is 15.3. The summed E-state index contributed by atoms with van der Waals surface area (Å²) in [5, 5.41) is 9.93. The summed E-state index contributed by atoms with van der Waals surface area (Å²) in [6, 6.07) is 1.77. The van der Waals surface area contributed by atoms with Crippen molar-refractivity contribution < 1.29 is 9.59 Å². The quantitative estimate of drug-likeness (QED) is 0.628. The van der Waals surface area contributed by atoms with Gasteiger partial charge in [-0.1, -0.05) is 0 Å². The molecule has 0 spiro atoms. The largest absolute Gasteiger partial charge is 0.325 e. The molecule has 1 aliphatic heterocycles. The highest BCUT2D eigenvalue weighted by atomic mass is 32.2. The maximum Gasteiger partial charge on any atom is 0.325 e. The molecular formula is C15H17N3O2S3. The monoisotopic (exact) mass is 367 g/mol. The molecule has 0 saturated carbocycles. The summed E-state index contributed by atoms with van der Waals surface area (Å²) in [5.41, 5.74) is 1.42. The minimum Gasteiger partial charge on any atom is -0.324 e. The Bertz CT molecular complexity index is 709. The van der Waals surface area contributed by atoms with Gasteiger partial charge in [-0.25, -0.2) is 9.78 Å². The summed E-state index contributed by atoms with van der Waals surface area (Å²) in [4.78, 5) is 29.8. The van der Waals surface area contributed by atoms with Gasteiger partial charge in [-0.05, 0) is 25.3 Å². The van der Waals surface area contributed by atoms with Crippen molar-refractivity contribution in [3.8, 4) is 10.6 Å². The van der Waals surface area contributed by atoms with Crippen molar-refractivity contribution in [3.63, 3.8) is 0 Å². The normalized spacial score (nSPS) is 16.9. The summed E-state index contributed by atoms with van der Waals surface area (Å²) >= 11 is 4.99. The minimum atomic E-state index is -0.786. The molecule has 1 N–H and O–H groups in total. The number of hydrogen-bond acceptors (Lipinski definition) is 6. The molecule has 3 rings (SSSR count). The molecule has 23 heavy (non-hydrogen) atoms. The number of aromatic nitrogens is 1. The SMILES string of the molecule is CC1(C)NC(=O)N(CCSCc2csc(-c3ccsc3)n2)C1=O. The molecule has 1 aliphatic rings. The average molecular weight is 368 g/mol. The van der Waals surface area contributed by atoms with Gasteiger partial charge in [-0.3, -0.25) is 9.69 Å². The molecule has 1 fully saturated rings. The Morgan fingerprint density at radius 1 is 1.35 bits per heavy atom. The lowest BCUT2D eigenvalue weighted by Gasteiger charge is -2.15. The fourth-order valence-corrected chi connectivity index (χ4v) is 4.70. The van der Waals surface area contributed by atoms with Crippen molar-refractivity contribution in [3.05, 3.63) is 27.9 Å². The van der Waals surface area contributed by atoms with Gasteiger partial charge in [-0.15, -0.1) is 11.3 Å². The summed E-state index contributed by atoms with van der Waals surface area (Å²) in [6.07, 6.45) is 0. The molecule has 0 atom stereocenters. The number of thioether (sulfide) groups is 1. The van der Waals surface area contributed by atoms with Crippen LogP contribution in [0.5, 0.6) is 0 Å². The molecule has 2 aromatic rings. The van der Waals surface area contributed by atoms with E-state index >= 15 is 0 Å². The van der Waals surface area contributed by atoms with Crippen LogP contribution in [0.3, 0.4) is 0 Å². The van der Waals surface area contributed by atoms with Crippen LogP contribution in [-0.2, 0) is 10.5 Å². The maximum atomic E-state index is 12.1. The van der Waals surface area contributed by atoms with E-state index in [4.69, 9.17) is 0 Å². The first-order valence-corrected chi connectivity index (χ1v) is 10.1. The van der Waals surface area contributed by atoms with Gasteiger partial charge in [0.2, 0.25) is 0 Å². The third kappa shape index (κ3) is 3.59. The molecule has 122 valence electrons. The van der Waals surface area contributed by atoms with E-state index in [1.807, 2.05) is 5.38 Å². The molecular weight excluding hydrogens is 350 g/mol. The van der Waals surface area contributed by atoms with Gasteiger partial charge in [0.05, 0.1) is 5.69 Å². The minimum absolute atomic E-state index is 0.156. The number of urea groups is 1. The second-order valence-electron chi connectivity index (χ2n) is 5.72. The van der Waals surface area contributed by atoms with E-state index in [1.165, 1.54) is 4.90 Å². The maximum absolute atomic E-state index is 12.1. The third-order valence-electron chi connectivity index (χ3n) is 3.47. The molecule has 0 unspecified atom stereocenters. The van der Waals surface area contributed by atoms with E-state index in [1.54, 1.807) is 48.3 Å². The predicted molar refractivity (Wildman–Crippen MR) is 95.9 cm³/mol. The van der Waals surface area contributed by atoms with Gasteiger partial charge >= 0.3 is 6.03 Å². The number of imide groups is 1. The summed E-state index contributed by atoms with van der Waals surface area (Å²) in [6.45, 7) is 3.88. The number of nitrogens with zero attached hydrogens (tertiary/aromatic N) is 2. The molecule has 2 aromatic heterocycles. The first kappa shape index (κ1) is 16.5. The van der Waals surface area contributed by atoms with Crippen LogP contribution >= 0.6 is 34.4 Å². The fourth-order valence-electron chi connectivity index (χ4n) is 2.25. The van der Waals surface area contributed by atoms with Crippen LogP contribution in [0, 0.1) is 0 Å². The van der Waals surface area contributed by atoms with Gasteiger partial charge in [0.15, 0.2) is 0 Å². The number of amides is 3. The van der Waals surface area contributed by atoms with E-state index in [-0.39, 0.29) is 11.9 Å². The zero-order valence-electron chi connectivity index (χ0n) is 12.9. The number of rotatable bonds is 6. The van der Waals surface area contributed by atoms with Crippen molar-refractivity contribution in [1.82, 2.24) is 15.2 Å². The van der Waals surface area contributed by atoms with Crippen LogP contribution in [0.2, 0.25) is 0 Å². The van der Waals surface area contributed by atoms with Crippen LogP contribution in [0.1, 0.15) is 19.5 Å².